The van der Waals surface area contributed by atoms with Crippen LogP contribution in [0.1, 0.15) is 41.8 Å². The summed E-state index contributed by atoms with van der Waals surface area (Å²) in [6, 6.07) is 4.29. The van der Waals surface area contributed by atoms with Gasteiger partial charge in [-0.1, -0.05) is 11.6 Å². The zero-order valence-corrected chi connectivity index (χ0v) is 16.3. The van der Waals surface area contributed by atoms with E-state index in [1.54, 1.807) is 12.1 Å². The number of benzene rings is 1. The zero-order chi connectivity index (χ0) is 20.4. The van der Waals surface area contributed by atoms with Gasteiger partial charge in [0, 0.05) is 29.3 Å². The SMILES string of the molecule is Cc1cc2cc(C(=O)[C@H]3C[C@@H]3C(=O)NCCCCC(N)C(=O)O)cc(Cl)c2o1. The van der Waals surface area contributed by atoms with Crippen LogP contribution in [0.5, 0.6) is 0 Å². The fourth-order valence-electron chi connectivity index (χ4n) is 3.33. The van der Waals surface area contributed by atoms with Crippen LogP contribution in [-0.4, -0.2) is 35.4 Å². The van der Waals surface area contributed by atoms with Crippen molar-refractivity contribution in [1.29, 1.82) is 0 Å². The quantitative estimate of drug-likeness (QED) is 0.434. The van der Waals surface area contributed by atoms with Crippen molar-refractivity contribution in [2.75, 3.05) is 6.54 Å². The van der Waals surface area contributed by atoms with E-state index >= 15 is 0 Å². The lowest BCUT2D eigenvalue weighted by molar-refractivity contribution is -0.138. The van der Waals surface area contributed by atoms with E-state index in [4.69, 9.17) is 26.9 Å². The third-order valence-electron chi connectivity index (χ3n) is 5.00. The summed E-state index contributed by atoms with van der Waals surface area (Å²) in [6.07, 6.45) is 2.15. The lowest BCUT2D eigenvalue weighted by Gasteiger charge is -2.07. The molecule has 0 spiro atoms. The Kier molecular flexibility index (Phi) is 6.05. The van der Waals surface area contributed by atoms with Crippen LogP contribution in [0.4, 0.5) is 0 Å². The third-order valence-corrected chi connectivity index (χ3v) is 5.28. The van der Waals surface area contributed by atoms with Crippen LogP contribution in [0.15, 0.2) is 22.6 Å². The molecule has 1 unspecified atom stereocenters. The Bertz CT molecular complexity index is 923. The van der Waals surface area contributed by atoms with Crippen LogP contribution >= 0.6 is 11.6 Å². The Morgan fingerprint density at radius 2 is 2.04 bits per heavy atom. The number of hydrogen-bond donors (Lipinski definition) is 3. The van der Waals surface area contributed by atoms with E-state index in [9.17, 15) is 14.4 Å². The van der Waals surface area contributed by atoms with E-state index in [1.807, 2.05) is 13.0 Å². The molecule has 7 nitrogen and oxygen atoms in total. The lowest BCUT2D eigenvalue weighted by atomic mass is 10.0. The van der Waals surface area contributed by atoms with E-state index in [2.05, 4.69) is 5.32 Å². The van der Waals surface area contributed by atoms with Crippen molar-refractivity contribution in [1.82, 2.24) is 5.32 Å². The van der Waals surface area contributed by atoms with E-state index in [1.165, 1.54) is 0 Å². The molecule has 2 aromatic rings. The first kappa shape index (κ1) is 20.4. The molecule has 0 bridgehead atoms. The molecule has 28 heavy (non-hydrogen) atoms. The largest absolute Gasteiger partial charge is 0.480 e. The number of amides is 1. The highest BCUT2D eigenvalue weighted by atomic mass is 35.5. The highest BCUT2D eigenvalue weighted by Gasteiger charge is 2.48. The monoisotopic (exact) mass is 406 g/mol. The Morgan fingerprint density at radius 1 is 1.29 bits per heavy atom. The molecule has 3 atom stereocenters. The predicted octanol–water partition coefficient (Wildman–Crippen LogP) is 2.91. The van der Waals surface area contributed by atoms with Gasteiger partial charge in [-0.15, -0.1) is 0 Å². The Balaban J connectivity index is 1.49. The lowest BCUT2D eigenvalue weighted by Crippen LogP contribution is -2.30. The Labute approximate surface area is 167 Å². The van der Waals surface area contributed by atoms with Crippen molar-refractivity contribution >= 4 is 40.2 Å². The number of furan rings is 1. The maximum Gasteiger partial charge on any atom is 0.320 e. The number of fused-ring (bicyclic) bond motifs is 1. The van der Waals surface area contributed by atoms with E-state index in [0.29, 0.717) is 48.4 Å². The summed E-state index contributed by atoms with van der Waals surface area (Å²) in [5.41, 5.74) is 6.48. The van der Waals surface area contributed by atoms with Crippen LogP contribution in [0.25, 0.3) is 11.0 Å². The molecule has 1 aliphatic rings. The molecule has 0 aliphatic heterocycles. The molecule has 3 rings (SSSR count). The van der Waals surface area contributed by atoms with Gasteiger partial charge >= 0.3 is 5.97 Å². The minimum absolute atomic E-state index is 0.0877. The van der Waals surface area contributed by atoms with E-state index in [0.717, 1.165) is 11.1 Å². The Hall–Kier alpha value is -2.38. The minimum atomic E-state index is -1.02. The first-order chi connectivity index (χ1) is 13.3. The second-order valence-electron chi connectivity index (χ2n) is 7.28. The summed E-state index contributed by atoms with van der Waals surface area (Å²) >= 11 is 6.21. The van der Waals surface area contributed by atoms with Crippen LogP contribution in [-0.2, 0) is 9.59 Å². The summed E-state index contributed by atoms with van der Waals surface area (Å²) in [7, 11) is 0. The number of carboxylic acids is 1. The van der Waals surface area contributed by atoms with Gasteiger partial charge in [0.15, 0.2) is 11.4 Å². The predicted molar refractivity (Wildman–Crippen MR) is 104 cm³/mol. The molecule has 1 aromatic heterocycles. The topological polar surface area (TPSA) is 123 Å². The highest BCUT2D eigenvalue weighted by Crippen LogP contribution is 2.42. The van der Waals surface area contributed by atoms with Gasteiger partial charge < -0.3 is 20.6 Å². The van der Waals surface area contributed by atoms with Gasteiger partial charge in [-0.2, -0.15) is 0 Å². The number of nitrogens with one attached hydrogen (secondary N) is 1. The third kappa shape index (κ3) is 4.54. The van der Waals surface area contributed by atoms with Crippen molar-refractivity contribution in [3.05, 3.63) is 34.5 Å². The van der Waals surface area contributed by atoms with Crippen LogP contribution in [0, 0.1) is 18.8 Å². The summed E-state index contributed by atoms with van der Waals surface area (Å²) < 4.78 is 5.51. The summed E-state index contributed by atoms with van der Waals surface area (Å²) in [4.78, 5) is 35.6. The highest BCUT2D eigenvalue weighted by molar-refractivity contribution is 6.35. The maximum atomic E-state index is 12.7. The molecule has 150 valence electrons. The molecule has 1 aromatic carbocycles. The molecule has 1 heterocycles. The smallest absolute Gasteiger partial charge is 0.320 e. The van der Waals surface area contributed by atoms with Gasteiger partial charge in [0.25, 0.3) is 0 Å². The molecular weight excluding hydrogens is 384 g/mol. The number of ketones is 1. The molecule has 0 saturated heterocycles. The number of rotatable bonds is 9. The molecule has 1 amide bonds. The summed E-state index contributed by atoms with van der Waals surface area (Å²) in [5.74, 6) is -1.19. The molecule has 1 fully saturated rings. The zero-order valence-electron chi connectivity index (χ0n) is 15.5. The number of aliphatic carboxylic acids is 1. The second kappa shape index (κ2) is 8.32. The van der Waals surface area contributed by atoms with Crippen molar-refractivity contribution < 1.29 is 23.9 Å². The average Bonchev–Trinajstić information content (AvgIpc) is 3.35. The first-order valence-corrected chi connectivity index (χ1v) is 9.65. The summed E-state index contributed by atoms with van der Waals surface area (Å²) in [6.45, 7) is 2.25. The van der Waals surface area contributed by atoms with Gasteiger partial charge in [0.2, 0.25) is 5.91 Å². The van der Waals surface area contributed by atoms with Crippen molar-refractivity contribution in [3.8, 4) is 0 Å². The minimum Gasteiger partial charge on any atom is -0.480 e. The molecule has 1 saturated carbocycles. The van der Waals surface area contributed by atoms with E-state index in [-0.39, 0.29) is 23.5 Å². The van der Waals surface area contributed by atoms with Crippen LogP contribution in [0.3, 0.4) is 0 Å². The normalized spacial score (nSPS) is 19.4. The fourth-order valence-corrected chi connectivity index (χ4v) is 3.59. The average molecular weight is 407 g/mol. The van der Waals surface area contributed by atoms with Crippen molar-refractivity contribution in [3.63, 3.8) is 0 Å². The second-order valence-corrected chi connectivity index (χ2v) is 7.69. The van der Waals surface area contributed by atoms with Gasteiger partial charge in [-0.25, -0.2) is 0 Å². The van der Waals surface area contributed by atoms with E-state index < -0.39 is 12.0 Å². The van der Waals surface area contributed by atoms with Crippen LogP contribution in [0.2, 0.25) is 5.02 Å². The molecule has 0 radical (unpaired) electrons. The number of carbonyl (C=O) groups excluding carboxylic acids is 2. The number of aryl methyl sites for hydroxylation is 1. The van der Waals surface area contributed by atoms with Gasteiger partial charge in [0.1, 0.15) is 11.8 Å². The molecule has 1 aliphatic carbocycles. The Morgan fingerprint density at radius 3 is 2.75 bits per heavy atom. The standard InChI is InChI=1S/C20H23ClN2O5/c1-10-6-12-7-11(8-15(21)18(12)28-10)17(24)13-9-14(13)19(25)23-5-3-2-4-16(22)20(26)27/h6-8,13-14,16H,2-5,9,22H2,1H3,(H,23,25)(H,26,27)/t13-,14-,16?/m0/s1. The van der Waals surface area contributed by atoms with Gasteiger partial charge in [-0.05, 0) is 50.8 Å². The van der Waals surface area contributed by atoms with Crippen molar-refractivity contribution in [2.24, 2.45) is 17.6 Å². The van der Waals surface area contributed by atoms with Gasteiger partial charge in [-0.3, -0.25) is 14.4 Å². The number of nitrogens with two attached hydrogens (primary N) is 1. The number of carboxylic acid groups (broad SMARTS) is 1. The molecule has 4 N–H and O–H groups in total. The molecular formula is C20H23ClN2O5. The fraction of sp³-hybridized carbons (Fsp3) is 0.450. The summed E-state index contributed by atoms with van der Waals surface area (Å²) in [5, 5.41) is 12.7. The van der Waals surface area contributed by atoms with Crippen molar-refractivity contribution in [2.45, 2.75) is 38.6 Å². The van der Waals surface area contributed by atoms with Gasteiger partial charge in [0.05, 0.1) is 5.02 Å². The molecule has 8 heteroatoms. The number of hydrogen-bond acceptors (Lipinski definition) is 5. The van der Waals surface area contributed by atoms with Crippen LogP contribution < -0.4 is 11.1 Å². The number of unbranched alkanes of at least 4 members (excludes halogenated alkanes) is 1. The number of halogens is 1. The number of carbonyl (C=O) groups is 3. The maximum absolute atomic E-state index is 12.7. The first-order valence-electron chi connectivity index (χ1n) is 9.28. The number of Topliss-reactive ketones (excluding diaryl/α,β-unsaturated/α-hetero) is 1.